The number of nitrogens with zero attached hydrogens (tertiary/aromatic N) is 5. The van der Waals surface area contributed by atoms with Crippen molar-refractivity contribution in [2.45, 2.75) is 31.8 Å². The highest BCUT2D eigenvalue weighted by Gasteiger charge is 2.25. The lowest BCUT2D eigenvalue weighted by molar-refractivity contribution is 0.137. The summed E-state index contributed by atoms with van der Waals surface area (Å²) in [6.45, 7) is 1.86. The van der Waals surface area contributed by atoms with Crippen molar-refractivity contribution in [3.63, 3.8) is 0 Å². The Balaban J connectivity index is 1.77. The quantitative estimate of drug-likeness (QED) is 0.886. The lowest BCUT2D eigenvalue weighted by atomic mass is 9.98. The summed E-state index contributed by atoms with van der Waals surface area (Å²) in [6, 6.07) is 2.24. The van der Waals surface area contributed by atoms with Crippen molar-refractivity contribution in [3.8, 4) is 0 Å². The Hall–Kier alpha value is -2.28. The molecular weight excluding hydrogens is 278 g/mol. The number of nitrogens with two attached hydrogens (primary N) is 1. The van der Waals surface area contributed by atoms with E-state index in [4.69, 9.17) is 5.73 Å². The summed E-state index contributed by atoms with van der Waals surface area (Å²) in [5.74, 6) is 0.979. The van der Waals surface area contributed by atoms with E-state index in [1.54, 1.807) is 6.20 Å². The molecule has 3 N–H and O–H groups in total. The van der Waals surface area contributed by atoms with Gasteiger partial charge in [0, 0.05) is 37.7 Å². The van der Waals surface area contributed by atoms with Crippen LogP contribution in [0, 0.1) is 0 Å². The fourth-order valence-corrected chi connectivity index (χ4v) is 2.89. The van der Waals surface area contributed by atoms with Crippen molar-refractivity contribution in [2.24, 2.45) is 0 Å². The van der Waals surface area contributed by atoms with Gasteiger partial charge in [-0.2, -0.15) is 0 Å². The monoisotopic (exact) mass is 299 g/mol. The Morgan fingerprint density at radius 1 is 1.27 bits per heavy atom. The summed E-state index contributed by atoms with van der Waals surface area (Å²) >= 11 is 0. The molecule has 3 rings (SSSR count). The van der Waals surface area contributed by atoms with Crippen LogP contribution in [0.5, 0.6) is 0 Å². The number of nitrogen functional groups attached to an aromatic ring is 1. The molecule has 1 saturated heterocycles. The number of likely N-dealkylation sites (tertiary alicyclic amines) is 1. The minimum atomic E-state index is 0.281. The van der Waals surface area contributed by atoms with E-state index in [0.717, 1.165) is 30.8 Å². The second kappa shape index (κ2) is 6.65. The van der Waals surface area contributed by atoms with Gasteiger partial charge < -0.3 is 11.1 Å². The second-order valence-electron chi connectivity index (χ2n) is 5.49. The highest BCUT2D eigenvalue weighted by atomic mass is 15.2. The third-order valence-corrected chi connectivity index (χ3v) is 3.97. The number of hydrogen-bond acceptors (Lipinski definition) is 7. The Bertz CT molecular complexity index is 614. The van der Waals surface area contributed by atoms with E-state index < -0.39 is 0 Å². The summed E-state index contributed by atoms with van der Waals surface area (Å²) in [5.41, 5.74) is 7.83. The molecule has 0 radical (unpaired) electrons. The lowest BCUT2D eigenvalue weighted by Gasteiger charge is -2.35. The summed E-state index contributed by atoms with van der Waals surface area (Å²) in [5, 5.41) is 2.93. The highest BCUT2D eigenvalue weighted by Crippen LogP contribution is 2.31. The molecule has 1 aliphatic rings. The van der Waals surface area contributed by atoms with Gasteiger partial charge in [0.1, 0.15) is 0 Å². The number of aromatic nitrogens is 4. The molecule has 0 unspecified atom stereocenters. The maximum absolute atomic E-state index is 5.73. The number of nitrogens with one attached hydrogen (secondary N) is 1. The molecule has 2 aromatic heterocycles. The smallest absolute Gasteiger partial charge is 0.222 e. The molecular formula is C15H21N7. The van der Waals surface area contributed by atoms with Crippen LogP contribution >= 0.6 is 0 Å². The van der Waals surface area contributed by atoms with Gasteiger partial charge in [0.2, 0.25) is 11.9 Å². The molecule has 0 aromatic carbocycles. The van der Waals surface area contributed by atoms with Crippen LogP contribution in [0.15, 0.2) is 24.7 Å². The molecule has 1 fully saturated rings. The molecule has 0 amide bonds. The minimum Gasteiger partial charge on any atom is -0.368 e. The number of hydrogen-bond donors (Lipinski definition) is 2. The molecule has 0 bridgehead atoms. The van der Waals surface area contributed by atoms with Crippen molar-refractivity contribution in [1.29, 1.82) is 0 Å². The zero-order valence-corrected chi connectivity index (χ0v) is 12.7. The highest BCUT2D eigenvalue weighted by molar-refractivity contribution is 5.24. The molecule has 116 valence electrons. The Kier molecular flexibility index (Phi) is 4.43. The third kappa shape index (κ3) is 3.30. The number of anilines is 2. The summed E-state index contributed by atoms with van der Waals surface area (Å²) < 4.78 is 0. The molecule has 7 nitrogen and oxygen atoms in total. The molecule has 2 aromatic rings. The van der Waals surface area contributed by atoms with Gasteiger partial charge in [-0.25, -0.2) is 19.9 Å². The second-order valence-corrected chi connectivity index (χ2v) is 5.49. The van der Waals surface area contributed by atoms with Crippen LogP contribution in [0.4, 0.5) is 11.9 Å². The molecule has 7 heteroatoms. The van der Waals surface area contributed by atoms with E-state index in [2.05, 4.69) is 30.2 Å². The average Bonchev–Trinajstić information content (AvgIpc) is 2.56. The predicted octanol–water partition coefficient (Wildman–Crippen LogP) is 1.62. The van der Waals surface area contributed by atoms with Crippen LogP contribution in [0.3, 0.4) is 0 Å². The maximum atomic E-state index is 5.73. The van der Waals surface area contributed by atoms with E-state index in [1.807, 2.05) is 25.5 Å². The van der Waals surface area contributed by atoms with Gasteiger partial charge in [0.05, 0.1) is 11.7 Å². The van der Waals surface area contributed by atoms with E-state index >= 15 is 0 Å². The van der Waals surface area contributed by atoms with Crippen molar-refractivity contribution in [3.05, 3.63) is 35.9 Å². The van der Waals surface area contributed by atoms with Crippen molar-refractivity contribution >= 4 is 11.9 Å². The topological polar surface area (TPSA) is 92.9 Å². The SMILES string of the molecule is CNc1ncc(CN2CCCC[C@@H]2c2ccnc(N)n2)cn1. The fourth-order valence-electron chi connectivity index (χ4n) is 2.89. The average molecular weight is 299 g/mol. The first-order valence-corrected chi connectivity index (χ1v) is 7.57. The lowest BCUT2D eigenvalue weighted by Crippen LogP contribution is -2.33. The van der Waals surface area contributed by atoms with Crippen LogP contribution in [-0.2, 0) is 6.54 Å². The van der Waals surface area contributed by atoms with Gasteiger partial charge in [0.15, 0.2) is 0 Å². The Morgan fingerprint density at radius 3 is 2.82 bits per heavy atom. The molecule has 0 aliphatic carbocycles. The van der Waals surface area contributed by atoms with Crippen LogP contribution in [0.25, 0.3) is 0 Å². The fraction of sp³-hybridized carbons (Fsp3) is 0.467. The number of piperidine rings is 1. The minimum absolute atomic E-state index is 0.281. The van der Waals surface area contributed by atoms with Gasteiger partial charge in [-0.1, -0.05) is 6.42 Å². The van der Waals surface area contributed by atoms with Gasteiger partial charge in [0.25, 0.3) is 0 Å². The van der Waals surface area contributed by atoms with Gasteiger partial charge in [-0.05, 0) is 25.5 Å². The van der Waals surface area contributed by atoms with E-state index in [-0.39, 0.29) is 6.04 Å². The zero-order valence-electron chi connectivity index (χ0n) is 12.7. The van der Waals surface area contributed by atoms with Crippen LogP contribution in [-0.4, -0.2) is 38.4 Å². The summed E-state index contributed by atoms with van der Waals surface area (Å²) in [6.07, 6.45) is 8.98. The first-order chi connectivity index (χ1) is 10.8. The van der Waals surface area contributed by atoms with Gasteiger partial charge in [-0.15, -0.1) is 0 Å². The van der Waals surface area contributed by atoms with E-state index in [1.165, 1.54) is 12.8 Å². The van der Waals surface area contributed by atoms with Crippen molar-refractivity contribution in [2.75, 3.05) is 24.6 Å². The maximum Gasteiger partial charge on any atom is 0.222 e. The van der Waals surface area contributed by atoms with Gasteiger partial charge in [-0.3, -0.25) is 4.90 Å². The first-order valence-electron chi connectivity index (χ1n) is 7.57. The van der Waals surface area contributed by atoms with Crippen LogP contribution in [0.1, 0.15) is 36.6 Å². The first kappa shape index (κ1) is 14.6. The third-order valence-electron chi connectivity index (χ3n) is 3.97. The largest absolute Gasteiger partial charge is 0.368 e. The van der Waals surface area contributed by atoms with Crippen molar-refractivity contribution < 1.29 is 0 Å². The summed E-state index contributed by atoms with van der Waals surface area (Å²) in [7, 11) is 1.81. The standard InChI is InChI=1S/C15H21N7/c1-17-15-19-8-11(9-20-15)10-22-7-3-2-4-13(22)12-5-6-18-14(16)21-12/h5-6,8-9,13H,2-4,7,10H2,1H3,(H2,16,18,21)(H,17,19,20)/t13-/m1/s1. The normalized spacial score (nSPS) is 19.0. The van der Waals surface area contributed by atoms with Crippen LogP contribution in [0.2, 0.25) is 0 Å². The molecule has 22 heavy (non-hydrogen) atoms. The number of rotatable bonds is 4. The van der Waals surface area contributed by atoms with E-state index in [9.17, 15) is 0 Å². The summed E-state index contributed by atoms with van der Waals surface area (Å²) in [4.78, 5) is 19.4. The van der Waals surface area contributed by atoms with Crippen molar-refractivity contribution in [1.82, 2.24) is 24.8 Å². The van der Waals surface area contributed by atoms with E-state index in [0.29, 0.717) is 11.9 Å². The molecule has 1 atom stereocenters. The molecule has 0 saturated carbocycles. The van der Waals surface area contributed by atoms with Gasteiger partial charge >= 0.3 is 0 Å². The molecule has 1 aliphatic heterocycles. The molecule has 3 heterocycles. The predicted molar refractivity (Wildman–Crippen MR) is 85.0 cm³/mol. The zero-order chi connectivity index (χ0) is 15.4. The Labute approximate surface area is 130 Å². The Morgan fingerprint density at radius 2 is 2.09 bits per heavy atom. The molecule has 0 spiro atoms. The van der Waals surface area contributed by atoms with Crippen LogP contribution < -0.4 is 11.1 Å².